The Morgan fingerprint density at radius 2 is 1.79 bits per heavy atom. The van der Waals surface area contributed by atoms with Crippen molar-refractivity contribution in [2.45, 2.75) is 6.54 Å². The average Bonchev–Trinajstić information content (AvgIpc) is 3.06. The lowest BCUT2D eigenvalue weighted by atomic mass is 10.1. The molecule has 3 aromatic rings. The number of hydrogen-bond acceptors (Lipinski definition) is 5. The first-order valence-electron chi connectivity index (χ1n) is 7.16. The van der Waals surface area contributed by atoms with Crippen molar-refractivity contribution in [2.75, 3.05) is 11.9 Å². The summed E-state index contributed by atoms with van der Waals surface area (Å²) in [7, 11) is 1.78. The first-order valence-corrected chi connectivity index (χ1v) is 7.16. The summed E-state index contributed by atoms with van der Waals surface area (Å²) in [5, 5.41) is 16.8. The molecule has 0 saturated heterocycles. The number of carboxylic acid groups (broad SMARTS) is 1. The van der Waals surface area contributed by atoms with Crippen LogP contribution in [0.15, 0.2) is 52.9 Å². The summed E-state index contributed by atoms with van der Waals surface area (Å²) in [6.45, 7) is 0.477. The zero-order valence-corrected chi connectivity index (χ0v) is 12.8. The van der Waals surface area contributed by atoms with Crippen LogP contribution >= 0.6 is 0 Å². The SMILES string of the molecule is CN(Cc1ccc(C(=O)O)cc1)c1nnc(-c2ccc(F)cc2)o1. The van der Waals surface area contributed by atoms with Crippen molar-refractivity contribution in [2.24, 2.45) is 0 Å². The molecule has 24 heavy (non-hydrogen) atoms. The average molecular weight is 327 g/mol. The van der Waals surface area contributed by atoms with E-state index >= 15 is 0 Å². The number of carbonyl (C=O) groups is 1. The fraction of sp³-hybridized carbons (Fsp3) is 0.118. The number of aromatic carboxylic acids is 1. The van der Waals surface area contributed by atoms with Gasteiger partial charge >= 0.3 is 12.0 Å². The maximum absolute atomic E-state index is 12.9. The molecular weight excluding hydrogens is 313 g/mol. The molecule has 122 valence electrons. The van der Waals surface area contributed by atoms with E-state index < -0.39 is 5.97 Å². The Hall–Kier alpha value is -3.22. The quantitative estimate of drug-likeness (QED) is 0.775. The molecule has 0 amide bonds. The van der Waals surface area contributed by atoms with Gasteiger partial charge in [0, 0.05) is 19.2 Å². The van der Waals surface area contributed by atoms with Gasteiger partial charge in [-0.1, -0.05) is 17.2 Å². The van der Waals surface area contributed by atoms with Crippen LogP contribution in [0.25, 0.3) is 11.5 Å². The first-order chi connectivity index (χ1) is 11.5. The number of rotatable bonds is 5. The molecule has 0 fully saturated rings. The lowest BCUT2D eigenvalue weighted by Gasteiger charge is -2.13. The number of anilines is 1. The Balaban J connectivity index is 1.72. The summed E-state index contributed by atoms with van der Waals surface area (Å²) < 4.78 is 18.5. The molecular formula is C17H14FN3O3. The molecule has 1 aromatic heterocycles. The van der Waals surface area contributed by atoms with E-state index in [0.717, 1.165) is 5.56 Å². The maximum Gasteiger partial charge on any atom is 0.335 e. The van der Waals surface area contributed by atoms with Crippen molar-refractivity contribution in [3.05, 3.63) is 65.5 Å². The molecule has 0 saturated carbocycles. The van der Waals surface area contributed by atoms with Gasteiger partial charge in [-0.05, 0) is 42.0 Å². The molecule has 0 radical (unpaired) electrons. The van der Waals surface area contributed by atoms with Gasteiger partial charge in [-0.15, -0.1) is 5.10 Å². The van der Waals surface area contributed by atoms with Gasteiger partial charge in [0.05, 0.1) is 5.56 Å². The second-order valence-electron chi connectivity index (χ2n) is 5.25. The fourth-order valence-corrected chi connectivity index (χ4v) is 2.17. The van der Waals surface area contributed by atoms with E-state index in [4.69, 9.17) is 9.52 Å². The van der Waals surface area contributed by atoms with Crippen LogP contribution in [-0.4, -0.2) is 28.3 Å². The second kappa shape index (κ2) is 6.49. The Morgan fingerprint density at radius 1 is 1.12 bits per heavy atom. The minimum Gasteiger partial charge on any atom is -0.478 e. The zero-order valence-electron chi connectivity index (χ0n) is 12.8. The molecule has 0 unspecified atom stereocenters. The van der Waals surface area contributed by atoms with Crippen LogP contribution in [0.2, 0.25) is 0 Å². The lowest BCUT2D eigenvalue weighted by molar-refractivity contribution is 0.0697. The van der Waals surface area contributed by atoms with Gasteiger partial charge in [-0.3, -0.25) is 0 Å². The van der Waals surface area contributed by atoms with Crippen molar-refractivity contribution >= 4 is 12.0 Å². The van der Waals surface area contributed by atoms with Crippen LogP contribution in [0, 0.1) is 5.82 Å². The molecule has 0 bridgehead atoms. The predicted molar refractivity (Wildman–Crippen MR) is 85.2 cm³/mol. The Bertz CT molecular complexity index is 844. The van der Waals surface area contributed by atoms with E-state index in [0.29, 0.717) is 24.0 Å². The highest BCUT2D eigenvalue weighted by Crippen LogP contribution is 2.22. The standard InChI is InChI=1S/C17H14FN3O3/c1-21(10-11-2-4-13(5-3-11)16(22)23)17-20-19-15(24-17)12-6-8-14(18)9-7-12/h2-9H,10H2,1H3,(H,22,23). The van der Waals surface area contributed by atoms with Gasteiger partial charge in [-0.25, -0.2) is 9.18 Å². The largest absolute Gasteiger partial charge is 0.478 e. The molecule has 1 N–H and O–H groups in total. The topological polar surface area (TPSA) is 79.5 Å². The van der Waals surface area contributed by atoms with E-state index in [1.165, 1.54) is 12.1 Å². The molecule has 6 nitrogen and oxygen atoms in total. The lowest BCUT2D eigenvalue weighted by Crippen LogP contribution is -2.16. The van der Waals surface area contributed by atoms with E-state index in [9.17, 15) is 9.18 Å². The van der Waals surface area contributed by atoms with Crippen LogP contribution in [-0.2, 0) is 6.54 Å². The molecule has 0 aliphatic heterocycles. The molecule has 2 aromatic carbocycles. The third-order valence-corrected chi connectivity index (χ3v) is 3.45. The number of hydrogen-bond donors (Lipinski definition) is 1. The van der Waals surface area contributed by atoms with Gasteiger partial charge < -0.3 is 14.4 Å². The van der Waals surface area contributed by atoms with Gasteiger partial charge in [0.15, 0.2) is 0 Å². The smallest absolute Gasteiger partial charge is 0.335 e. The van der Waals surface area contributed by atoms with Crippen molar-refractivity contribution in [3.63, 3.8) is 0 Å². The third-order valence-electron chi connectivity index (χ3n) is 3.45. The molecule has 1 heterocycles. The highest BCUT2D eigenvalue weighted by atomic mass is 19.1. The predicted octanol–water partition coefficient (Wildman–Crippen LogP) is 3.21. The van der Waals surface area contributed by atoms with Crippen LogP contribution in [0.4, 0.5) is 10.4 Å². The Morgan fingerprint density at radius 3 is 2.42 bits per heavy atom. The highest BCUT2D eigenvalue weighted by Gasteiger charge is 2.13. The van der Waals surface area contributed by atoms with Crippen molar-refractivity contribution in [3.8, 4) is 11.5 Å². The van der Waals surface area contributed by atoms with Gasteiger partial charge in [0.1, 0.15) is 5.82 Å². The molecule has 0 aliphatic carbocycles. The van der Waals surface area contributed by atoms with E-state index in [1.54, 1.807) is 48.3 Å². The minimum absolute atomic E-state index is 0.234. The van der Waals surface area contributed by atoms with Crippen LogP contribution in [0.3, 0.4) is 0 Å². The van der Waals surface area contributed by atoms with Crippen LogP contribution in [0.1, 0.15) is 15.9 Å². The summed E-state index contributed by atoms with van der Waals surface area (Å²) in [4.78, 5) is 12.6. The second-order valence-corrected chi connectivity index (χ2v) is 5.25. The molecule has 7 heteroatoms. The summed E-state index contributed by atoms with van der Waals surface area (Å²) in [6.07, 6.45) is 0. The number of carboxylic acids is 1. The van der Waals surface area contributed by atoms with E-state index in [1.807, 2.05) is 0 Å². The first kappa shape index (κ1) is 15.7. The summed E-state index contributed by atoms with van der Waals surface area (Å²) >= 11 is 0. The summed E-state index contributed by atoms with van der Waals surface area (Å²) in [6, 6.07) is 12.7. The van der Waals surface area contributed by atoms with E-state index in [2.05, 4.69) is 10.2 Å². The summed E-state index contributed by atoms with van der Waals surface area (Å²) in [5.74, 6) is -0.991. The number of halogens is 1. The van der Waals surface area contributed by atoms with Gasteiger partial charge in [0.25, 0.3) is 0 Å². The van der Waals surface area contributed by atoms with Crippen LogP contribution in [0.5, 0.6) is 0 Å². The van der Waals surface area contributed by atoms with Gasteiger partial charge in [-0.2, -0.15) is 0 Å². The normalized spacial score (nSPS) is 10.6. The van der Waals surface area contributed by atoms with E-state index in [-0.39, 0.29) is 11.4 Å². The van der Waals surface area contributed by atoms with Crippen molar-refractivity contribution in [1.29, 1.82) is 0 Å². The molecule has 0 atom stereocenters. The minimum atomic E-state index is -0.962. The Labute approximate surface area is 137 Å². The maximum atomic E-state index is 12.9. The molecule has 0 spiro atoms. The zero-order chi connectivity index (χ0) is 17.1. The Kier molecular flexibility index (Phi) is 4.24. The number of benzene rings is 2. The summed E-state index contributed by atoms with van der Waals surface area (Å²) in [5.41, 5.74) is 1.77. The monoisotopic (exact) mass is 327 g/mol. The van der Waals surface area contributed by atoms with Gasteiger partial charge in [0.2, 0.25) is 5.89 Å². The molecule has 3 rings (SSSR count). The van der Waals surface area contributed by atoms with Crippen molar-refractivity contribution in [1.82, 2.24) is 10.2 Å². The van der Waals surface area contributed by atoms with Crippen molar-refractivity contribution < 1.29 is 18.7 Å². The fourth-order valence-electron chi connectivity index (χ4n) is 2.17. The highest BCUT2D eigenvalue weighted by molar-refractivity contribution is 5.87. The third kappa shape index (κ3) is 3.40. The number of aromatic nitrogens is 2. The van der Waals surface area contributed by atoms with Crippen LogP contribution < -0.4 is 4.90 Å². The molecule has 0 aliphatic rings. The number of nitrogens with zero attached hydrogens (tertiary/aromatic N) is 3.